The van der Waals surface area contributed by atoms with Crippen molar-refractivity contribution in [2.75, 3.05) is 26.2 Å². The van der Waals surface area contributed by atoms with E-state index in [0.717, 1.165) is 25.6 Å². The number of likely N-dealkylation sites (N-methyl/N-ethyl adjacent to an activating group) is 1. The van der Waals surface area contributed by atoms with Crippen LogP contribution in [0.25, 0.3) is 0 Å². The van der Waals surface area contributed by atoms with E-state index in [1.165, 1.54) is 32.2 Å². The molecule has 1 rings (SSSR count). The predicted octanol–water partition coefficient (Wildman–Crippen LogP) is 1.38. The lowest BCUT2D eigenvalue weighted by Crippen LogP contribution is -2.30. The minimum atomic E-state index is 0.978. The molecule has 0 aromatic rings. The number of rotatable bonds is 6. The second kappa shape index (κ2) is 6.44. The average molecular weight is 170 g/mol. The van der Waals surface area contributed by atoms with Crippen molar-refractivity contribution in [3.63, 3.8) is 0 Å². The fourth-order valence-corrected chi connectivity index (χ4v) is 1.87. The summed E-state index contributed by atoms with van der Waals surface area (Å²) in [7, 11) is 0. The van der Waals surface area contributed by atoms with Crippen LogP contribution in [0.4, 0.5) is 0 Å². The monoisotopic (exact) mass is 170 g/mol. The highest BCUT2D eigenvalue weighted by Gasteiger charge is 2.13. The lowest BCUT2D eigenvalue weighted by atomic mass is 10.1. The smallest absolute Gasteiger partial charge is 0.00768 e. The first-order valence-electron chi connectivity index (χ1n) is 5.35. The van der Waals surface area contributed by atoms with Gasteiger partial charge in [0.15, 0.2) is 0 Å². The summed E-state index contributed by atoms with van der Waals surface area (Å²) in [6.07, 6.45) is 5.82. The van der Waals surface area contributed by atoms with Gasteiger partial charge in [-0.05, 0) is 31.8 Å². The van der Waals surface area contributed by atoms with Crippen LogP contribution in [0, 0.1) is 5.92 Å². The van der Waals surface area contributed by atoms with Crippen molar-refractivity contribution < 1.29 is 0 Å². The van der Waals surface area contributed by atoms with Gasteiger partial charge in [-0.3, -0.25) is 0 Å². The lowest BCUT2D eigenvalue weighted by molar-refractivity contribution is 0.485. The van der Waals surface area contributed by atoms with Gasteiger partial charge in [0, 0.05) is 13.1 Å². The number of hydrogen-bond donors (Lipinski definition) is 2. The quantitative estimate of drug-likeness (QED) is 0.588. The van der Waals surface area contributed by atoms with Crippen LogP contribution in [0.2, 0.25) is 0 Å². The van der Waals surface area contributed by atoms with E-state index in [1.54, 1.807) is 0 Å². The van der Waals surface area contributed by atoms with E-state index in [9.17, 15) is 0 Å². The van der Waals surface area contributed by atoms with Crippen LogP contribution in [0.3, 0.4) is 0 Å². The van der Waals surface area contributed by atoms with E-state index in [1.807, 2.05) is 0 Å². The number of hydrogen-bond acceptors (Lipinski definition) is 2. The summed E-state index contributed by atoms with van der Waals surface area (Å²) in [6.45, 7) is 6.72. The highest BCUT2D eigenvalue weighted by atomic mass is 14.9. The van der Waals surface area contributed by atoms with Gasteiger partial charge in [0.05, 0.1) is 0 Å². The minimum Gasteiger partial charge on any atom is -0.316 e. The molecule has 12 heavy (non-hydrogen) atoms. The third-order valence-electron chi connectivity index (χ3n) is 2.64. The maximum absolute atomic E-state index is 3.50. The maximum Gasteiger partial charge on any atom is 0.00768 e. The highest BCUT2D eigenvalue weighted by molar-refractivity contribution is 4.69. The molecule has 0 radical (unpaired) electrons. The van der Waals surface area contributed by atoms with Crippen molar-refractivity contribution >= 4 is 0 Å². The zero-order valence-electron chi connectivity index (χ0n) is 8.23. The van der Waals surface area contributed by atoms with Gasteiger partial charge in [-0.2, -0.15) is 0 Å². The van der Waals surface area contributed by atoms with E-state index in [2.05, 4.69) is 17.6 Å². The Kier molecular flexibility index (Phi) is 5.37. The molecule has 0 atom stereocenters. The van der Waals surface area contributed by atoms with Gasteiger partial charge >= 0.3 is 0 Å². The van der Waals surface area contributed by atoms with Crippen LogP contribution in [-0.2, 0) is 0 Å². The summed E-state index contributed by atoms with van der Waals surface area (Å²) in [5.74, 6) is 0.978. The molecule has 0 aromatic carbocycles. The molecule has 0 heterocycles. The Balaban J connectivity index is 1.81. The van der Waals surface area contributed by atoms with Crippen LogP contribution in [0.1, 0.15) is 32.6 Å². The third kappa shape index (κ3) is 4.07. The SMILES string of the molecule is CCNCCNCC1CCCC1. The zero-order valence-corrected chi connectivity index (χ0v) is 8.23. The lowest BCUT2D eigenvalue weighted by Gasteiger charge is -2.10. The van der Waals surface area contributed by atoms with E-state index in [0.29, 0.717) is 0 Å². The van der Waals surface area contributed by atoms with Crippen LogP contribution >= 0.6 is 0 Å². The number of nitrogens with one attached hydrogen (secondary N) is 2. The Morgan fingerprint density at radius 1 is 1.08 bits per heavy atom. The molecule has 1 aliphatic rings. The molecule has 0 saturated heterocycles. The summed E-state index contributed by atoms with van der Waals surface area (Å²) in [6, 6.07) is 0. The van der Waals surface area contributed by atoms with Gasteiger partial charge in [0.25, 0.3) is 0 Å². The maximum atomic E-state index is 3.50. The molecule has 0 bridgehead atoms. The molecule has 0 unspecified atom stereocenters. The Hall–Kier alpha value is -0.0800. The molecule has 2 nitrogen and oxygen atoms in total. The van der Waals surface area contributed by atoms with Gasteiger partial charge in [-0.15, -0.1) is 0 Å². The fourth-order valence-electron chi connectivity index (χ4n) is 1.87. The van der Waals surface area contributed by atoms with Gasteiger partial charge < -0.3 is 10.6 Å². The second-order valence-electron chi connectivity index (χ2n) is 3.71. The third-order valence-corrected chi connectivity index (χ3v) is 2.64. The van der Waals surface area contributed by atoms with Gasteiger partial charge in [-0.1, -0.05) is 19.8 Å². The Morgan fingerprint density at radius 3 is 2.42 bits per heavy atom. The summed E-state index contributed by atoms with van der Waals surface area (Å²) >= 11 is 0. The molecule has 0 aromatic heterocycles. The van der Waals surface area contributed by atoms with Crippen LogP contribution in [0.5, 0.6) is 0 Å². The Bertz CT molecular complexity index is 98.0. The van der Waals surface area contributed by atoms with Gasteiger partial charge in [0.1, 0.15) is 0 Å². The first-order valence-corrected chi connectivity index (χ1v) is 5.35. The Morgan fingerprint density at radius 2 is 1.75 bits per heavy atom. The van der Waals surface area contributed by atoms with Gasteiger partial charge in [0.2, 0.25) is 0 Å². The standard InChI is InChI=1S/C10H22N2/c1-2-11-7-8-12-9-10-5-3-4-6-10/h10-12H,2-9H2,1H3. The first-order chi connectivity index (χ1) is 5.93. The highest BCUT2D eigenvalue weighted by Crippen LogP contribution is 2.23. The molecule has 1 saturated carbocycles. The summed E-state index contributed by atoms with van der Waals surface area (Å²) in [4.78, 5) is 0. The van der Waals surface area contributed by atoms with Gasteiger partial charge in [-0.25, -0.2) is 0 Å². The van der Waals surface area contributed by atoms with Crippen molar-refractivity contribution in [2.24, 2.45) is 5.92 Å². The van der Waals surface area contributed by atoms with Crippen LogP contribution in [0.15, 0.2) is 0 Å². The molecule has 72 valence electrons. The van der Waals surface area contributed by atoms with Crippen LogP contribution < -0.4 is 10.6 Å². The Labute approximate surface area is 76.1 Å². The first kappa shape index (κ1) is 10.0. The van der Waals surface area contributed by atoms with Crippen molar-refractivity contribution in [2.45, 2.75) is 32.6 Å². The zero-order chi connectivity index (χ0) is 8.65. The molecule has 0 spiro atoms. The molecule has 2 heteroatoms. The molecule has 2 N–H and O–H groups in total. The van der Waals surface area contributed by atoms with Crippen molar-refractivity contribution in [3.8, 4) is 0 Å². The second-order valence-corrected chi connectivity index (χ2v) is 3.71. The molecule has 1 aliphatic carbocycles. The van der Waals surface area contributed by atoms with Crippen LogP contribution in [-0.4, -0.2) is 26.2 Å². The molecular weight excluding hydrogens is 148 g/mol. The van der Waals surface area contributed by atoms with E-state index < -0.39 is 0 Å². The van der Waals surface area contributed by atoms with E-state index in [-0.39, 0.29) is 0 Å². The topological polar surface area (TPSA) is 24.1 Å². The molecule has 0 aliphatic heterocycles. The predicted molar refractivity (Wildman–Crippen MR) is 53.4 cm³/mol. The molecular formula is C10H22N2. The minimum absolute atomic E-state index is 0.978. The fraction of sp³-hybridized carbons (Fsp3) is 1.00. The summed E-state index contributed by atoms with van der Waals surface area (Å²) < 4.78 is 0. The molecule has 1 fully saturated rings. The largest absolute Gasteiger partial charge is 0.316 e. The van der Waals surface area contributed by atoms with E-state index >= 15 is 0 Å². The summed E-state index contributed by atoms with van der Waals surface area (Å²) in [5.41, 5.74) is 0. The normalized spacial score (nSPS) is 18.8. The summed E-state index contributed by atoms with van der Waals surface area (Å²) in [5, 5.41) is 6.81. The van der Waals surface area contributed by atoms with Crippen molar-refractivity contribution in [1.82, 2.24) is 10.6 Å². The average Bonchev–Trinajstić information content (AvgIpc) is 2.57. The van der Waals surface area contributed by atoms with Crippen molar-refractivity contribution in [3.05, 3.63) is 0 Å². The van der Waals surface area contributed by atoms with Crippen molar-refractivity contribution in [1.29, 1.82) is 0 Å². The van der Waals surface area contributed by atoms with E-state index in [4.69, 9.17) is 0 Å². The molecule has 0 amide bonds.